The summed E-state index contributed by atoms with van der Waals surface area (Å²) in [5, 5.41) is 4.63. The number of ether oxygens (including phenoxy) is 1. The van der Waals surface area contributed by atoms with Gasteiger partial charge in [-0.1, -0.05) is 29.0 Å². The molecule has 0 aliphatic carbocycles. The highest BCUT2D eigenvalue weighted by molar-refractivity contribution is 7.22. The van der Waals surface area contributed by atoms with Gasteiger partial charge >= 0.3 is 0 Å². The normalized spacial score (nSPS) is 17.0. The largest absolute Gasteiger partial charge is 0.497 e. The molecule has 7 heteroatoms. The lowest BCUT2D eigenvalue weighted by molar-refractivity contribution is -0.120. The molecular formula is C21H22ClN3O2S. The van der Waals surface area contributed by atoms with E-state index < -0.39 is 0 Å². The second kappa shape index (κ2) is 7.97. The third kappa shape index (κ3) is 3.93. The first kappa shape index (κ1) is 19.0. The van der Waals surface area contributed by atoms with Crippen LogP contribution < -0.4 is 15.0 Å². The van der Waals surface area contributed by atoms with E-state index in [1.807, 2.05) is 37.3 Å². The van der Waals surface area contributed by atoms with E-state index in [1.54, 1.807) is 24.5 Å². The minimum Gasteiger partial charge on any atom is -0.497 e. The Morgan fingerprint density at radius 3 is 2.96 bits per heavy atom. The van der Waals surface area contributed by atoms with E-state index in [0.717, 1.165) is 51.7 Å². The summed E-state index contributed by atoms with van der Waals surface area (Å²) in [6.45, 7) is 3.53. The van der Waals surface area contributed by atoms with E-state index in [9.17, 15) is 4.79 Å². The fourth-order valence-electron chi connectivity index (χ4n) is 3.43. The molecule has 0 radical (unpaired) electrons. The minimum absolute atomic E-state index is 0.0346. The van der Waals surface area contributed by atoms with Crippen molar-refractivity contribution in [2.45, 2.75) is 19.8 Å². The van der Waals surface area contributed by atoms with E-state index in [4.69, 9.17) is 21.3 Å². The second-order valence-electron chi connectivity index (χ2n) is 7.07. The van der Waals surface area contributed by atoms with Crippen LogP contribution >= 0.6 is 22.9 Å². The SMILES string of the molecule is COc1ccc2nc(N3CCCC(C(=O)Nc4ccc(C)c(Cl)c4)C3)sc2c1. The fourth-order valence-corrected chi connectivity index (χ4v) is 4.64. The molecule has 0 spiro atoms. The molecule has 5 nitrogen and oxygen atoms in total. The number of aromatic nitrogens is 1. The van der Waals surface area contributed by atoms with Crippen molar-refractivity contribution in [2.75, 3.05) is 30.4 Å². The Kier molecular flexibility index (Phi) is 5.42. The average Bonchev–Trinajstić information content (AvgIpc) is 3.14. The van der Waals surface area contributed by atoms with Crippen molar-refractivity contribution in [1.82, 2.24) is 4.98 Å². The maximum absolute atomic E-state index is 12.8. The smallest absolute Gasteiger partial charge is 0.229 e. The van der Waals surface area contributed by atoms with Gasteiger partial charge in [0.15, 0.2) is 5.13 Å². The number of piperidine rings is 1. The number of nitrogens with zero attached hydrogens (tertiary/aromatic N) is 2. The summed E-state index contributed by atoms with van der Waals surface area (Å²) in [6, 6.07) is 11.5. The number of amides is 1. The highest BCUT2D eigenvalue weighted by atomic mass is 35.5. The van der Waals surface area contributed by atoms with Gasteiger partial charge in [-0.05, 0) is 55.7 Å². The molecule has 2 aromatic carbocycles. The third-order valence-electron chi connectivity index (χ3n) is 5.09. The molecule has 1 aliphatic heterocycles. The van der Waals surface area contributed by atoms with Crippen LogP contribution in [0.15, 0.2) is 36.4 Å². The molecule has 1 atom stereocenters. The Morgan fingerprint density at radius 1 is 1.32 bits per heavy atom. The highest BCUT2D eigenvalue weighted by Gasteiger charge is 2.27. The molecule has 0 bridgehead atoms. The van der Waals surface area contributed by atoms with Crippen molar-refractivity contribution >= 4 is 49.9 Å². The summed E-state index contributed by atoms with van der Waals surface area (Å²) in [5.41, 5.74) is 2.70. The minimum atomic E-state index is -0.0737. The van der Waals surface area contributed by atoms with Crippen LogP contribution in [0.3, 0.4) is 0 Å². The van der Waals surface area contributed by atoms with Gasteiger partial charge < -0.3 is 15.0 Å². The number of carbonyl (C=O) groups excluding carboxylic acids is 1. The first-order chi connectivity index (χ1) is 13.5. The lowest BCUT2D eigenvalue weighted by atomic mass is 9.97. The van der Waals surface area contributed by atoms with Crippen LogP contribution in [0.2, 0.25) is 5.02 Å². The predicted molar refractivity (Wildman–Crippen MR) is 116 cm³/mol. The van der Waals surface area contributed by atoms with Crippen LogP contribution in [-0.2, 0) is 4.79 Å². The first-order valence-corrected chi connectivity index (χ1v) is 10.5. The second-order valence-corrected chi connectivity index (χ2v) is 8.48. The van der Waals surface area contributed by atoms with Crippen LogP contribution in [-0.4, -0.2) is 31.1 Å². The lowest BCUT2D eigenvalue weighted by Crippen LogP contribution is -2.40. The maximum atomic E-state index is 12.8. The van der Waals surface area contributed by atoms with Gasteiger partial charge in [-0.3, -0.25) is 4.79 Å². The van der Waals surface area contributed by atoms with Crippen LogP contribution in [0.25, 0.3) is 10.2 Å². The van der Waals surface area contributed by atoms with Gasteiger partial charge in [-0.25, -0.2) is 4.98 Å². The molecule has 1 aliphatic rings. The Hall–Kier alpha value is -2.31. The summed E-state index contributed by atoms with van der Waals surface area (Å²) >= 11 is 7.81. The number of rotatable bonds is 4. The Morgan fingerprint density at radius 2 is 2.18 bits per heavy atom. The van der Waals surface area contributed by atoms with Crippen molar-refractivity contribution in [3.05, 3.63) is 47.0 Å². The van der Waals surface area contributed by atoms with E-state index in [2.05, 4.69) is 10.2 Å². The van der Waals surface area contributed by atoms with Gasteiger partial charge in [0, 0.05) is 23.8 Å². The number of nitrogens with one attached hydrogen (secondary N) is 1. The maximum Gasteiger partial charge on any atom is 0.229 e. The number of hydrogen-bond acceptors (Lipinski definition) is 5. The lowest BCUT2D eigenvalue weighted by Gasteiger charge is -2.31. The zero-order valence-corrected chi connectivity index (χ0v) is 17.4. The first-order valence-electron chi connectivity index (χ1n) is 9.30. The molecule has 1 fully saturated rings. The zero-order chi connectivity index (χ0) is 19.7. The molecule has 2 heterocycles. The molecule has 1 aromatic heterocycles. The zero-order valence-electron chi connectivity index (χ0n) is 15.9. The predicted octanol–water partition coefficient (Wildman–Crippen LogP) is 5.12. The van der Waals surface area contributed by atoms with Crippen molar-refractivity contribution < 1.29 is 9.53 Å². The van der Waals surface area contributed by atoms with Crippen molar-refractivity contribution in [1.29, 1.82) is 0 Å². The molecule has 1 amide bonds. The van der Waals surface area contributed by atoms with Crippen LogP contribution in [0, 0.1) is 12.8 Å². The number of benzene rings is 2. The van der Waals surface area contributed by atoms with Gasteiger partial charge in [0.05, 0.1) is 23.2 Å². The van der Waals surface area contributed by atoms with Gasteiger partial charge in [0.25, 0.3) is 0 Å². The van der Waals surface area contributed by atoms with Crippen LogP contribution in [0.1, 0.15) is 18.4 Å². The topological polar surface area (TPSA) is 54.5 Å². The molecule has 28 heavy (non-hydrogen) atoms. The molecular weight excluding hydrogens is 394 g/mol. The van der Waals surface area contributed by atoms with Crippen LogP contribution in [0.5, 0.6) is 5.75 Å². The van der Waals surface area contributed by atoms with Gasteiger partial charge in [-0.15, -0.1) is 0 Å². The Labute approximate surface area is 173 Å². The van der Waals surface area contributed by atoms with Crippen molar-refractivity contribution in [2.24, 2.45) is 5.92 Å². The Balaban J connectivity index is 1.47. The Bertz CT molecular complexity index is 1020. The fraction of sp³-hybridized carbons (Fsp3) is 0.333. The number of halogens is 1. The van der Waals surface area contributed by atoms with E-state index in [0.29, 0.717) is 11.6 Å². The molecule has 4 rings (SSSR count). The quantitative estimate of drug-likeness (QED) is 0.642. The summed E-state index contributed by atoms with van der Waals surface area (Å²) in [4.78, 5) is 19.7. The number of fused-ring (bicyclic) bond motifs is 1. The van der Waals surface area contributed by atoms with Gasteiger partial charge in [0.1, 0.15) is 5.75 Å². The van der Waals surface area contributed by atoms with Gasteiger partial charge in [0.2, 0.25) is 5.91 Å². The average molecular weight is 416 g/mol. The van der Waals surface area contributed by atoms with E-state index >= 15 is 0 Å². The summed E-state index contributed by atoms with van der Waals surface area (Å²) in [5.74, 6) is 0.790. The van der Waals surface area contributed by atoms with Gasteiger partial charge in [-0.2, -0.15) is 0 Å². The summed E-state index contributed by atoms with van der Waals surface area (Å²) < 4.78 is 6.39. The van der Waals surface area contributed by atoms with Crippen molar-refractivity contribution in [3.63, 3.8) is 0 Å². The third-order valence-corrected chi connectivity index (χ3v) is 6.57. The monoisotopic (exact) mass is 415 g/mol. The van der Waals surface area contributed by atoms with E-state index in [1.165, 1.54) is 0 Å². The molecule has 1 N–H and O–H groups in total. The molecule has 0 saturated carbocycles. The molecule has 1 unspecified atom stereocenters. The highest BCUT2D eigenvalue weighted by Crippen LogP contribution is 2.33. The standard InChI is InChI=1S/C21H22ClN3O2S/c1-13-5-6-15(10-17(13)22)23-20(26)14-4-3-9-25(12-14)21-24-18-8-7-16(27-2)11-19(18)28-21/h5-8,10-11,14H,3-4,9,12H2,1-2H3,(H,23,26). The van der Waals surface area contributed by atoms with E-state index in [-0.39, 0.29) is 11.8 Å². The number of methoxy groups -OCH3 is 1. The number of aryl methyl sites for hydroxylation is 1. The molecule has 3 aromatic rings. The number of thiazole rings is 1. The number of anilines is 2. The van der Waals surface area contributed by atoms with Crippen molar-refractivity contribution in [3.8, 4) is 5.75 Å². The summed E-state index contributed by atoms with van der Waals surface area (Å²) in [6.07, 6.45) is 1.84. The molecule has 1 saturated heterocycles. The number of hydrogen-bond donors (Lipinski definition) is 1. The molecule has 146 valence electrons. The van der Waals surface area contributed by atoms with Crippen LogP contribution in [0.4, 0.5) is 10.8 Å². The summed E-state index contributed by atoms with van der Waals surface area (Å²) in [7, 11) is 1.66. The number of carbonyl (C=O) groups is 1.